The summed E-state index contributed by atoms with van der Waals surface area (Å²) < 4.78 is 13.1. The van der Waals surface area contributed by atoms with Crippen molar-refractivity contribution in [2.75, 3.05) is 13.6 Å². The molecule has 2 rings (SSSR count). The molecule has 0 amide bonds. The van der Waals surface area contributed by atoms with Crippen LogP contribution in [0.25, 0.3) is 0 Å². The molecule has 6 heteroatoms. The van der Waals surface area contributed by atoms with Crippen molar-refractivity contribution >= 4 is 41.3 Å². The summed E-state index contributed by atoms with van der Waals surface area (Å²) in [6, 6.07) is 11.0. The molecule has 0 spiro atoms. The van der Waals surface area contributed by atoms with E-state index in [1.807, 2.05) is 6.07 Å². The molecule has 2 N–H and O–H groups in total. The van der Waals surface area contributed by atoms with Crippen molar-refractivity contribution in [3.63, 3.8) is 0 Å². The van der Waals surface area contributed by atoms with E-state index in [4.69, 9.17) is 0 Å². The third kappa shape index (κ3) is 7.30. The first kappa shape index (κ1) is 19.9. The van der Waals surface area contributed by atoms with Crippen LogP contribution in [0.3, 0.4) is 0 Å². The lowest BCUT2D eigenvalue weighted by Crippen LogP contribution is -2.37. The molecule has 0 aliphatic carbocycles. The van der Waals surface area contributed by atoms with Crippen molar-refractivity contribution in [1.82, 2.24) is 10.6 Å². The molecule has 0 radical (unpaired) electrons. The molecule has 1 heterocycles. The molecule has 1 aromatic heterocycles. The molecule has 23 heavy (non-hydrogen) atoms. The van der Waals surface area contributed by atoms with Gasteiger partial charge >= 0.3 is 0 Å². The fraction of sp³-hybridized carbons (Fsp3) is 0.353. The summed E-state index contributed by atoms with van der Waals surface area (Å²) in [7, 11) is 1.77. The Morgan fingerprint density at radius 3 is 2.70 bits per heavy atom. The second-order valence-corrected chi connectivity index (χ2v) is 6.47. The van der Waals surface area contributed by atoms with Gasteiger partial charge in [-0.3, -0.25) is 4.99 Å². The number of nitrogens with one attached hydrogen (secondary N) is 2. The van der Waals surface area contributed by atoms with Crippen LogP contribution in [0.5, 0.6) is 0 Å². The number of thiophene rings is 1. The van der Waals surface area contributed by atoms with Crippen molar-refractivity contribution in [3.05, 3.63) is 57.5 Å². The minimum Gasteiger partial charge on any atom is -0.356 e. The Kier molecular flexibility index (Phi) is 9.16. The normalized spacial score (nSPS) is 11.0. The molecular formula is C17H23FIN3S. The highest BCUT2D eigenvalue weighted by atomic mass is 127. The minimum absolute atomic E-state index is 0. The predicted molar refractivity (Wildman–Crippen MR) is 107 cm³/mol. The van der Waals surface area contributed by atoms with Gasteiger partial charge in [-0.15, -0.1) is 35.3 Å². The highest BCUT2D eigenvalue weighted by molar-refractivity contribution is 14.0. The zero-order chi connectivity index (χ0) is 15.8. The number of hydrogen-bond donors (Lipinski definition) is 2. The number of aliphatic imine (C=N–C) groups is 1. The van der Waals surface area contributed by atoms with E-state index < -0.39 is 0 Å². The van der Waals surface area contributed by atoms with E-state index in [2.05, 4.69) is 34.7 Å². The number of halogens is 2. The summed E-state index contributed by atoms with van der Waals surface area (Å²) in [5.41, 5.74) is 1.03. The summed E-state index contributed by atoms with van der Waals surface area (Å²) in [6.45, 7) is 3.69. The average Bonchev–Trinajstić information content (AvgIpc) is 2.92. The van der Waals surface area contributed by atoms with Gasteiger partial charge in [0.15, 0.2) is 5.96 Å². The van der Waals surface area contributed by atoms with E-state index in [1.165, 1.54) is 15.8 Å². The fourth-order valence-electron chi connectivity index (χ4n) is 2.16. The second-order valence-electron chi connectivity index (χ2n) is 5.10. The van der Waals surface area contributed by atoms with Crippen LogP contribution < -0.4 is 10.6 Å². The van der Waals surface area contributed by atoms with Crippen LogP contribution in [0.2, 0.25) is 0 Å². The van der Waals surface area contributed by atoms with Gasteiger partial charge in [0.2, 0.25) is 0 Å². The SMILES string of the molecule is CN=C(NCCCc1cccc(F)c1)NCc1ccc(C)s1.I. The van der Waals surface area contributed by atoms with Crippen molar-refractivity contribution in [3.8, 4) is 0 Å². The van der Waals surface area contributed by atoms with E-state index in [1.54, 1.807) is 30.5 Å². The molecule has 1 aromatic carbocycles. The third-order valence-corrected chi connectivity index (χ3v) is 4.27. The molecule has 0 fully saturated rings. The van der Waals surface area contributed by atoms with Crippen LogP contribution in [0.15, 0.2) is 41.4 Å². The van der Waals surface area contributed by atoms with Crippen molar-refractivity contribution in [2.24, 2.45) is 4.99 Å². The lowest BCUT2D eigenvalue weighted by molar-refractivity contribution is 0.624. The maximum Gasteiger partial charge on any atom is 0.191 e. The van der Waals surface area contributed by atoms with E-state index in [-0.39, 0.29) is 29.8 Å². The third-order valence-electron chi connectivity index (χ3n) is 3.27. The van der Waals surface area contributed by atoms with Crippen LogP contribution in [0.4, 0.5) is 4.39 Å². The van der Waals surface area contributed by atoms with Crippen molar-refractivity contribution < 1.29 is 4.39 Å². The van der Waals surface area contributed by atoms with Crippen LogP contribution in [-0.4, -0.2) is 19.6 Å². The van der Waals surface area contributed by atoms with E-state index in [0.29, 0.717) is 0 Å². The van der Waals surface area contributed by atoms with E-state index >= 15 is 0 Å². The number of guanidine groups is 1. The Morgan fingerprint density at radius 1 is 1.22 bits per heavy atom. The summed E-state index contributed by atoms with van der Waals surface area (Å²) in [5, 5.41) is 6.58. The molecule has 3 nitrogen and oxygen atoms in total. The van der Waals surface area contributed by atoms with Gasteiger partial charge in [0.1, 0.15) is 5.82 Å². The second kappa shape index (κ2) is 10.6. The van der Waals surface area contributed by atoms with Crippen molar-refractivity contribution in [2.45, 2.75) is 26.3 Å². The van der Waals surface area contributed by atoms with E-state index in [0.717, 1.165) is 37.5 Å². The highest BCUT2D eigenvalue weighted by Crippen LogP contribution is 2.14. The van der Waals surface area contributed by atoms with E-state index in [9.17, 15) is 4.39 Å². The standard InChI is InChI=1S/C17H22FN3S.HI/c1-13-8-9-16(22-13)12-21-17(19-2)20-10-4-6-14-5-3-7-15(18)11-14;/h3,5,7-9,11H,4,6,10,12H2,1-2H3,(H2,19,20,21);1H. The smallest absolute Gasteiger partial charge is 0.191 e. The molecule has 0 aliphatic heterocycles. The van der Waals surface area contributed by atoms with Gasteiger partial charge in [0, 0.05) is 23.3 Å². The lowest BCUT2D eigenvalue weighted by atomic mass is 10.1. The van der Waals surface area contributed by atoms with Gasteiger partial charge in [-0.25, -0.2) is 4.39 Å². The highest BCUT2D eigenvalue weighted by Gasteiger charge is 2.01. The first-order chi connectivity index (χ1) is 10.7. The monoisotopic (exact) mass is 447 g/mol. The van der Waals surface area contributed by atoms with Gasteiger partial charge in [-0.1, -0.05) is 12.1 Å². The fourth-order valence-corrected chi connectivity index (χ4v) is 2.99. The zero-order valence-corrected chi connectivity index (χ0v) is 16.6. The number of benzene rings is 1. The zero-order valence-electron chi connectivity index (χ0n) is 13.4. The van der Waals surface area contributed by atoms with Gasteiger partial charge in [0.25, 0.3) is 0 Å². The number of nitrogens with zero attached hydrogens (tertiary/aromatic N) is 1. The van der Waals surface area contributed by atoms with Crippen LogP contribution in [-0.2, 0) is 13.0 Å². The molecule has 0 atom stereocenters. The molecule has 0 unspecified atom stereocenters. The Morgan fingerprint density at radius 2 is 2.04 bits per heavy atom. The number of aryl methyl sites for hydroxylation is 2. The van der Waals surface area contributed by atoms with Crippen LogP contribution in [0.1, 0.15) is 21.7 Å². The first-order valence-electron chi connectivity index (χ1n) is 7.41. The summed E-state index contributed by atoms with van der Waals surface area (Å²) >= 11 is 1.79. The molecule has 0 saturated heterocycles. The Labute approximate surface area is 158 Å². The van der Waals surface area contributed by atoms with Crippen molar-refractivity contribution in [1.29, 1.82) is 0 Å². The largest absolute Gasteiger partial charge is 0.356 e. The molecule has 0 bridgehead atoms. The first-order valence-corrected chi connectivity index (χ1v) is 8.23. The maximum absolute atomic E-state index is 13.1. The number of hydrogen-bond acceptors (Lipinski definition) is 2. The summed E-state index contributed by atoms with van der Waals surface area (Å²) in [4.78, 5) is 6.81. The van der Waals surface area contributed by atoms with Gasteiger partial charge in [-0.2, -0.15) is 0 Å². The van der Waals surface area contributed by atoms with Crippen LogP contribution >= 0.6 is 35.3 Å². The molecule has 126 valence electrons. The van der Waals surface area contributed by atoms with Gasteiger partial charge in [0.05, 0.1) is 6.54 Å². The lowest BCUT2D eigenvalue weighted by Gasteiger charge is -2.11. The molecule has 0 saturated carbocycles. The number of rotatable bonds is 6. The maximum atomic E-state index is 13.1. The predicted octanol–water partition coefficient (Wildman–Crippen LogP) is 4.11. The summed E-state index contributed by atoms with van der Waals surface area (Å²) in [5.74, 6) is 0.625. The van der Waals surface area contributed by atoms with Gasteiger partial charge < -0.3 is 10.6 Å². The van der Waals surface area contributed by atoms with Gasteiger partial charge in [-0.05, 0) is 49.6 Å². The molecule has 2 aromatic rings. The Hall–Kier alpha value is -1.15. The van der Waals surface area contributed by atoms with Crippen LogP contribution in [0, 0.1) is 12.7 Å². The quantitative estimate of drug-likeness (QED) is 0.303. The Bertz CT molecular complexity index is 628. The molecular weight excluding hydrogens is 424 g/mol. The topological polar surface area (TPSA) is 36.4 Å². The minimum atomic E-state index is -0.172. The average molecular weight is 447 g/mol. The molecule has 0 aliphatic rings. The Balaban J connectivity index is 0.00000264. The summed E-state index contributed by atoms with van der Waals surface area (Å²) in [6.07, 6.45) is 1.79.